The molecule has 156 valence electrons. The molecule has 0 spiro atoms. The highest BCUT2D eigenvalue weighted by Gasteiger charge is 2.20. The summed E-state index contributed by atoms with van der Waals surface area (Å²) < 4.78 is 11.0. The van der Waals surface area contributed by atoms with Gasteiger partial charge in [0.05, 0.1) is 25.1 Å². The Morgan fingerprint density at radius 1 is 1.17 bits per heavy atom. The first-order valence-corrected chi connectivity index (χ1v) is 10.1. The van der Waals surface area contributed by atoms with Crippen LogP contribution in [0.3, 0.4) is 0 Å². The Morgan fingerprint density at radius 2 is 1.93 bits per heavy atom. The Morgan fingerprint density at radius 3 is 2.66 bits per heavy atom. The van der Waals surface area contributed by atoms with Crippen molar-refractivity contribution in [1.82, 2.24) is 4.90 Å². The summed E-state index contributed by atoms with van der Waals surface area (Å²) in [6, 6.07) is 13.2. The van der Waals surface area contributed by atoms with Crippen molar-refractivity contribution in [1.29, 1.82) is 0 Å². The number of ether oxygens (including phenoxy) is 2. The number of methoxy groups -OCH3 is 1. The molecule has 2 aromatic rings. The number of likely N-dealkylation sites (N-methyl/N-ethyl adjacent to an activating group) is 1. The van der Waals surface area contributed by atoms with Crippen LogP contribution in [0, 0.1) is 0 Å². The molecule has 7 heteroatoms. The van der Waals surface area contributed by atoms with Crippen LogP contribution in [0.15, 0.2) is 42.5 Å². The zero-order valence-electron chi connectivity index (χ0n) is 17.2. The third-order valence-electron chi connectivity index (χ3n) is 5.06. The monoisotopic (exact) mass is 417 g/mol. The van der Waals surface area contributed by atoms with Crippen molar-refractivity contribution in [2.45, 2.75) is 19.6 Å². The predicted octanol–water partition coefficient (Wildman–Crippen LogP) is 3.64. The third kappa shape index (κ3) is 5.85. The van der Waals surface area contributed by atoms with E-state index >= 15 is 0 Å². The van der Waals surface area contributed by atoms with Crippen LogP contribution in [-0.2, 0) is 16.1 Å². The molecule has 1 atom stereocenters. The van der Waals surface area contributed by atoms with E-state index in [0.29, 0.717) is 17.3 Å². The molecule has 1 saturated heterocycles. The molecule has 1 unspecified atom stereocenters. The van der Waals surface area contributed by atoms with Crippen LogP contribution in [0.5, 0.6) is 5.75 Å². The van der Waals surface area contributed by atoms with Gasteiger partial charge in [0.25, 0.3) is 5.91 Å². The lowest BCUT2D eigenvalue weighted by Gasteiger charge is -2.35. The minimum atomic E-state index is -0.611. The number of carbonyl (C=O) groups excluding carboxylic acids is 1. The molecular weight excluding hydrogens is 390 g/mol. The third-order valence-corrected chi connectivity index (χ3v) is 5.30. The molecule has 0 saturated carbocycles. The van der Waals surface area contributed by atoms with Crippen LogP contribution in [0.1, 0.15) is 12.5 Å². The smallest absolute Gasteiger partial charge is 0.253 e. The van der Waals surface area contributed by atoms with E-state index in [1.54, 1.807) is 20.1 Å². The molecule has 3 rings (SSSR count). The van der Waals surface area contributed by atoms with E-state index in [4.69, 9.17) is 21.1 Å². The minimum absolute atomic E-state index is 0.203. The number of benzene rings is 2. The van der Waals surface area contributed by atoms with Crippen molar-refractivity contribution in [3.63, 3.8) is 0 Å². The number of halogens is 1. The first-order valence-electron chi connectivity index (χ1n) is 9.74. The number of carbonyl (C=O) groups is 1. The molecule has 0 bridgehead atoms. The van der Waals surface area contributed by atoms with Gasteiger partial charge in [0, 0.05) is 31.2 Å². The molecular formula is C22H28ClN3O3. The molecule has 2 aromatic carbocycles. The van der Waals surface area contributed by atoms with Crippen LogP contribution in [0.4, 0.5) is 11.4 Å². The van der Waals surface area contributed by atoms with Crippen molar-refractivity contribution >= 4 is 28.9 Å². The summed E-state index contributed by atoms with van der Waals surface area (Å²) in [7, 11) is 3.74. The molecule has 29 heavy (non-hydrogen) atoms. The van der Waals surface area contributed by atoms with Crippen molar-refractivity contribution in [2.75, 3.05) is 50.6 Å². The van der Waals surface area contributed by atoms with Crippen molar-refractivity contribution in [2.24, 2.45) is 0 Å². The first-order chi connectivity index (χ1) is 14.0. The standard InChI is InChI=1S/C22H28ClN3O3/c1-16(29-15-17-5-4-6-19(13-17)28-3)22(27)24-20-14-18(23)7-8-21(20)26-11-9-25(2)10-12-26/h4-8,13-14,16H,9-12,15H2,1-3H3,(H,24,27). The van der Waals surface area contributed by atoms with Gasteiger partial charge in [0.1, 0.15) is 11.9 Å². The number of nitrogens with zero attached hydrogens (tertiary/aromatic N) is 2. The molecule has 6 nitrogen and oxygen atoms in total. The lowest BCUT2D eigenvalue weighted by Crippen LogP contribution is -2.44. The summed E-state index contributed by atoms with van der Waals surface area (Å²) >= 11 is 6.19. The minimum Gasteiger partial charge on any atom is -0.497 e. The van der Waals surface area contributed by atoms with Gasteiger partial charge in [-0.05, 0) is 49.9 Å². The average molecular weight is 418 g/mol. The largest absolute Gasteiger partial charge is 0.497 e. The van der Waals surface area contributed by atoms with Gasteiger partial charge in [-0.1, -0.05) is 23.7 Å². The fourth-order valence-electron chi connectivity index (χ4n) is 3.23. The molecule has 1 heterocycles. The van der Waals surface area contributed by atoms with Gasteiger partial charge in [0.15, 0.2) is 0 Å². The van der Waals surface area contributed by atoms with E-state index in [2.05, 4.69) is 22.2 Å². The Hall–Kier alpha value is -2.28. The second kappa shape index (κ2) is 9.96. The first kappa shape index (κ1) is 21.4. The highest BCUT2D eigenvalue weighted by atomic mass is 35.5. The van der Waals surface area contributed by atoms with Gasteiger partial charge >= 0.3 is 0 Å². The van der Waals surface area contributed by atoms with Gasteiger partial charge in [-0.25, -0.2) is 0 Å². The van der Waals surface area contributed by atoms with Crippen LogP contribution in [0.25, 0.3) is 0 Å². The second-order valence-electron chi connectivity index (χ2n) is 7.25. The van der Waals surface area contributed by atoms with Crippen LogP contribution in [0.2, 0.25) is 5.02 Å². The lowest BCUT2D eigenvalue weighted by molar-refractivity contribution is -0.127. The number of nitrogens with one attached hydrogen (secondary N) is 1. The van der Waals surface area contributed by atoms with Crippen LogP contribution >= 0.6 is 11.6 Å². The highest BCUT2D eigenvalue weighted by Crippen LogP contribution is 2.30. The number of rotatable bonds is 7. The molecule has 1 amide bonds. The van der Waals surface area contributed by atoms with Gasteiger partial charge in [-0.15, -0.1) is 0 Å². The Labute approximate surface area is 177 Å². The van der Waals surface area contributed by atoms with E-state index in [1.165, 1.54) is 0 Å². The Balaban J connectivity index is 1.63. The maximum absolute atomic E-state index is 12.7. The van der Waals surface area contributed by atoms with Crippen LogP contribution in [-0.4, -0.2) is 57.2 Å². The molecule has 0 radical (unpaired) electrons. The lowest BCUT2D eigenvalue weighted by atomic mass is 10.2. The average Bonchev–Trinajstić information content (AvgIpc) is 2.73. The normalized spacial score (nSPS) is 15.8. The number of anilines is 2. The summed E-state index contributed by atoms with van der Waals surface area (Å²) in [6.45, 7) is 5.85. The van der Waals surface area contributed by atoms with Crippen molar-refractivity contribution in [3.05, 3.63) is 53.1 Å². The van der Waals surface area contributed by atoms with Crippen LogP contribution < -0.4 is 15.0 Å². The summed E-state index contributed by atoms with van der Waals surface area (Å²) in [5.41, 5.74) is 2.64. The number of hydrogen-bond donors (Lipinski definition) is 1. The number of amides is 1. The topological polar surface area (TPSA) is 54.0 Å². The fourth-order valence-corrected chi connectivity index (χ4v) is 3.40. The highest BCUT2D eigenvalue weighted by molar-refractivity contribution is 6.31. The summed E-state index contributed by atoms with van der Waals surface area (Å²) in [4.78, 5) is 17.3. The SMILES string of the molecule is COc1cccc(COC(C)C(=O)Nc2cc(Cl)ccc2N2CCN(C)CC2)c1. The fraction of sp³-hybridized carbons (Fsp3) is 0.409. The summed E-state index contributed by atoms with van der Waals surface area (Å²) in [5, 5.41) is 3.58. The maximum atomic E-state index is 12.7. The number of piperazine rings is 1. The van der Waals surface area contributed by atoms with Gasteiger partial charge in [-0.2, -0.15) is 0 Å². The molecule has 1 aliphatic heterocycles. The van der Waals surface area contributed by atoms with E-state index < -0.39 is 6.10 Å². The molecule has 1 N–H and O–H groups in total. The number of hydrogen-bond acceptors (Lipinski definition) is 5. The zero-order valence-corrected chi connectivity index (χ0v) is 17.9. The van der Waals surface area contributed by atoms with Crippen molar-refractivity contribution in [3.8, 4) is 5.75 Å². The van der Waals surface area contributed by atoms with E-state index in [0.717, 1.165) is 43.2 Å². The summed E-state index contributed by atoms with van der Waals surface area (Å²) in [5.74, 6) is 0.560. The van der Waals surface area contributed by atoms with Gasteiger partial charge < -0.3 is 24.6 Å². The molecule has 1 aliphatic rings. The van der Waals surface area contributed by atoms with E-state index in [-0.39, 0.29) is 5.91 Å². The zero-order chi connectivity index (χ0) is 20.8. The Kier molecular flexibility index (Phi) is 7.36. The summed E-state index contributed by atoms with van der Waals surface area (Å²) in [6.07, 6.45) is -0.611. The maximum Gasteiger partial charge on any atom is 0.253 e. The van der Waals surface area contributed by atoms with Gasteiger partial charge in [0.2, 0.25) is 0 Å². The van der Waals surface area contributed by atoms with E-state index in [9.17, 15) is 4.79 Å². The molecule has 1 fully saturated rings. The predicted molar refractivity (Wildman–Crippen MR) is 117 cm³/mol. The van der Waals surface area contributed by atoms with Crippen molar-refractivity contribution < 1.29 is 14.3 Å². The van der Waals surface area contributed by atoms with E-state index in [1.807, 2.05) is 36.4 Å². The quantitative estimate of drug-likeness (QED) is 0.745. The van der Waals surface area contributed by atoms with Gasteiger partial charge in [-0.3, -0.25) is 4.79 Å². The second-order valence-corrected chi connectivity index (χ2v) is 7.68. The molecule has 0 aromatic heterocycles. The Bertz CT molecular complexity index is 838. The molecule has 0 aliphatic carbocycles.